The fraction of sp³-hybridized carbons (Fsp3) is 0.500. The van der Waals surface area contributed by atoms with Crippen molar-refractivity contribution in [3.05, 3.63) is 29.6 Å². The summed E-state index contributed by atoms with van der Waals surface area (Å²) >= 11 is 0. The van der Waals surface area contributed by atoms with Crippen molar-refractivity contribution >= 4 is 17.6 Å². The van der Waals surface area contributed by atoms with Crippen LogP contribution in [0.5, 0.6) is 0 Å². The van der Waals surface area contributed by atoms with Gasteiger partial charge in [-0.05, 0) is 37.0 Å². The number of rotatable bonds is 3. The van der Waals surface area contributed by atoms with Gasteiger partial charge in [0.05, 0.1) is 5.56 Å². The Morgan fingerprint density at radius 1 is 1.23 bits per heavy atom. The van der Waals surface area contributed by atoms with Gasteiger partial charge in [0.15, 0.2) is 0 Å². The summed E-state index contributed by atoms with van der Waals surface area (Å²) in [4.78, 5) is 23.6. The van der Waals surface area contributed by atoms with Crippen LogP contribution < -0.4 is 16.0 Å². The van der Waals surface area contributed by atoms with Crippen LogP contribution in [0.3, 0.4) is 0 Å². The van der Waals surface area contributed by atoms with Crippen LogP contribution in [0.1, 0.15) is 43.0 Å². The van der Waals surface area contributed by atoms with Crippen LogP contribution in [-0.2, 0) is 0 Å². The number of benzene rings is 1. The average molecular weight is 307 g/mol. The lowest BCUT2D eigenvalue weighted by Gasteiger charge is -2.29. The molecule has 6 heteroatoms. The van der Waals surface area contributed by atoms with E-state index in [1.54, 1.807) is 0 Å². The van der Waals surface area contributed by atoms with Crippen molar-refractivity contribution < 1.29 is 14.0 Å². The maximum absolute atomic E-state index is 13.6. The summed E-state index contributed by atoms with van der Waals surface area (Å²) in [6.07, 6.45) is 4.41. The van der Waals surface area contributed by atoms with E-state index in [1.165, 1.54) is 31.7 Å². The summed E-state index contributed by atoms with van der Waals surface area (Å²) in [5, 5.41) is 7.98. The Balaban J connectivity index is 2.00. The lowest BCUT2D eigenvalue weighted by molar-refractivity contribution is 0.0959. The molecular formula is C16H22FN3O2. The SMILES string of the molecule is CNC(=O)c1cc(NC(=O)N[C@H]2CCCC[C@H]2C)ccc1F. The summed E-state index contributed by atoms with van der Waals surface area (Å²) in [6.45, 7) is 2.13. The third kappa shape index (κ3) is 3.96. The minimum Gasteiger partial charge on any atom is -0.355 e. The van der Waals surface area contributed by atoms with Gasteiger partial charge in [-0.3, -0.25) is 4.79 Å². The molecule has 0 aliphatic heterocycles. The molecule has 1 aliphatic rings. The van der Waals surface area contributed by atoms with Crippen LogP contribution in [0.15, 0.2) is 18.2 Å². The molecule has 0 saturated heterocycles. The molecule has 5 nitrogen and oxygen atoms in total. The predicted octanol–water partition coefficient (Wildman–Crippen LogP) is 2.89. The van der Waals surface area contributed by atoms with Crippen molar-refractivity contribution in [3.8, 4) is 0 Å². The molecule has 0 heterocycles. The molecule has 120 valence electrons. The van der Waals surface area contributed by atoms with E-state index < -0.39 is 11.7 Å². The van der Waals surface area contributed by atoms with Gasteiger partial charge in [-0.2, -0.15) is 0 Å². The number of nitrogens with one attached hydrogen (secondary N) is 3. The van der Waals surface area contributed by atoms with Crippen LogP contribution in [-0.4, -0.2) is 25.0 Å². The van der Waals surface area contributed by atoms with Crippen molar-refractivity contribution in [1.82, 2.24) is 10.6 Å². The Hall–Kier alpha value is -2.11. The smallest absolute Gasteiger partial charge is 0.319 e. The molecule has 1 aromatic rings. The van der Waals surface area contributed by atoms with E-state index in [0.717, 1.165) is 19.3 Å². The number of anilines is 1. The quantitative estimate of drug-likeness (QED) is 0.803. The van der Waals surface area contributed by atoms with Crippen molar-refractivity contribution in [2.24, 2.45) is 5.92 Å². The summed E-state index contributed by atoms with van der Waals surface area (Å²) in [6, 6.07) is 3.77. The molecule has 1 aromatic carbocycles. The maximum atomic E-state index is 13.6. The van der Waals surface area contributed by atoms with Gasteiger partial charge in [0.1, 0.15) is 5.82 Å². The Bertz CT molecular complexity index is 562. The zero-order valence-corrected chi connectivity index (χ0v) is 12.9. The molecule has 0 unspecified atom stereocenters. The molecule has 22 heavy (non-hydrogen) atoms. The third-order valence-electron chi connectivity index (χ3n) is 4.12. The molecule has 0 bridgehead atoms. The second-order valence-corrected chi connectivity index (χ2v) is 5.74. The van der Waals surface area contributed by atoms with E-state index in [9.17, 15) is 14.0 Å². The van der Waals surface area contributed by atoms with Crippen LogP contribution >= 0.6 is 0 Å². The number of halogens is 1. The standard InChI is InChI=1S/C16H22FN3O2/c1-10-5-3-4-6-14(10)20-16(22)19-11-7-8-13(17)12(9-11)15(21)18-2/h7-10,14H,3-6H2,1-2H3,(H,18,21)(H2,19,20,22)/t10-,14+/m1/s1. The van der Waals surface area contributed by atoms with E-state index in [0.29, 0.717) is 11.6 Å². The van der Waals surface area contributed by atoms with Crippen LogP contribution in [0.4, 0.5) is 14.9 Å². The highest BCUT2D eigenvalue weighted by Gasteiger charge is 2.23. The van der Waals surface area contributed by atoms with Gasteiger partial charge in [-0.15, -0.1) is 0 Å². The molecule has 0 radical (unpaired) electrons. The number of carbonyl (C=O) groups excluding carboxylic acids is 2. The van der Waals surface area contributed by atoms with E-state index in [2.05, 4.69) is 22.9 Å². The first-order chi connectivity index (χ1) is 10.5. The van der Waals surface area contributed by atoms with Gasteiger partial charge in [0, 0.05) is 18.8 Å². The maximum Gasteiger partial charge on any atom is 0.319 e. The highest BCUT2D eigenvalue weighted by atomic mass is 19.1. The Morgan fingerprint density at radius 2 is 1.95 bits per heavy atom. The monoisotopic (exact) mass is 307 g/mol. The van der Waals surface area contributed by atoms with E-state index >= 15 is 0 Å². The van der Waals surface area contributed by atoms with E-state index in [-0.39, 0.29) is 17.6 Å². The van der Waals surface area contributed by atoms with Gasteiger partial charge in [0.2, 0.25) is 0 Å². The zero-order chi connectivity index (χ0) is 16.1. The number of amides is 3. The lowest BCUT2D eigenvalue weighted by Crippen LogP contribution is -2.43. The van der Waals surface area contributed by atoms with Crippen LogP contribution in [0.25, 0.3) is 0 Å². The highest BCUT2D eigenvalue weighted by molar-refractivity contribution is 5.97. The van der Waals surface area contributed by atoms with Crippen molar-refractivity contribution in [1.29, 1.82) is 0 Å². The fourth-order valence-electron chi connectivity index (χ4n) is 2.78. The minimum atomic E-state index is -0.619. The second-order valence-electron chi connectivity index (χ2n) is 5.74. The van der Waals surface area contributed by atoms with Gasteiger partial charge < -0.3 is 16.0 Å². The Kier molecular flexibility index (Phi) is 5.35. The molecule has 1 fully saturated rings. The van der Waals surface area contributed by atoms with E-state index in [1.807, 2.05) is 0 Å². The molecule has 2 atom stereocenters. The highest BCUT2D eigenvalue weighted by Crippen LogP contribution is 2.24. The number of carbonyl (C=O) groups is 2. The van der Waals surface area contributed by atoms with Crippen LogP contribution in [0.2, 0.25) is 0 Å². The predicted molar refractivity (Wildman–Crippen MR) is 83.4 cm³/mol. The van der Waals surface area contributed by atoms with Crippen molar-refractivity contribution in [2.45, 2.75) is 38.6 Å². The molecular weight excluding hydrogens is 285 g/mol. The molecule has 0 aromatic heterocycles. The van der Waals surface area contributed by atoms with Crippen molar-refractivity contribution in [2.75, 3.05) is 12.4 Å². The number of urea groups is 1. The Morgan fingerprint density at radius 3 is 2.64 bits per heavy atom. The molecule has 1 saturated carbocycles. The number of hydrogen-bond acceptors (Lipinski definition) is 2. The Labute approximate surface area is 129 Å². The fourth-order valence-corrected chi connectivity index (χ4v) is 2.78. The zero-order valence-electron chi connectivity index (χ0n) is 12.9. The molecule has 3 N–H and O–H groups in total. The van der Waals surface area contributed by atoms with Crippen LogP contribution in [0, 0.1) is 11.7 Å². The second kappa shape index (κ2) is 7.24. The van der Waals surface area contributed by atoms with Gasteiger partial charge in [0.25, 0.3) is 5.91 Å². The van der Waals surface area contributed by atoms with Gasteiger partial charge in [-0.25, -0.2) is 9.18 Å². The molecule has 1 aliphatic carbocycles. The average Bonchev–Trinajstić information content (AvgIpc) is 2.50. The first-order valence-corrected chi connectivity index (χ1v) is 7.60. The lowest BCUT2D eigenvalue weighted by atomic mass is 9.86. The summed E-state index contributed by atoms with van der Waals surface area (Å²) in [5.41, 5.74) is 0.298. The molecule has 0 spiro atoms. The number of hydrogen-bond donors (Lipinski definition) is 3. The first kappa shape index (κ1) is 16.3. The summed E-state index contributed by atoms with van der Waals surface area (Å²) in [5.74, 6) is -0.692. The van der Waals surface area contributed by atoms with Gasteiger partial charge >= 0.3 is 6.03 Å². The molecule has 3 amide bonds. The summed E-state index contributed by atoms with van der Waals surface area (Å²) < 4.78 is 13.6. The first-order valence-electron chi connectivity index (χ1n) is 7.60. The minimum absolute atomic E-state index is 0.0914. The van der Waals surface area contributed by atoms with Crippen molar-refractivity contribution in [3.63, 3.8) is 0 Å². The largest absolute Gasteiger partial charge is 0.355 e. The van der Waals surface area contributed by atoms with Gasteiger partial charge in [-0.1, -0.05) is 19.8 Å². The topological polar surface area (TPSA) is 70.2 Å². The van der Waals surface area contributed by atoms with E-state index in [4.69, 9.17) is 0 Å². The molecule has 2 rings (SSSR count). The third-order valence-corrected chi connectivity index (χ3v) is 4.12. The summed E-state index contributed by atoms with van der Waals surface area (Å²) in [7, 11) is 1.43. The normalized spacial score (nSPS) is 21.0.